The molecule has 0 unspecified atom stereocenters. The molecule has 0 aliphatic carbocycles. The van der Waals surface area contributed by atoms with Crippen molar-refractivity contribution >= 4 is 5.97 Å². The number of ether oxygens (including phenoxy) is 2. The van der Waals surface area contributed by atoms with Crippen molar-refractivity contribution in [3.05, 3.63) is 23.8 Å². The predicted molar refractivity (Wildman–Crippen MR) is 72.7 cm³/mol. The minimum absolute atomic E-state index is 0.194. The number of rotatable bonds is 9. The van der Waals surface area contributed by atoms with E-state index in [0.717, 1.165) is 17.1 Å². The van der Waals surface area contributed by atoms with Crippen molar-refractivity contribution < 1.29 is 19.4 Å². The zero-order valence-electron chi connectivity index (χ0n) is 11.4. The van der Waals surface area contributed by atoms with Gasteiger partial charge in [-0.1, -0.05) is 6.07 Å². The van der Waals surface area contributed by atoms with Crippen molar-refractivity contribution in [3.8, 4) is 11.5 Å². The summed E-state index contributed by atoms with van der Waals surface area (Å²) in [5, 5.41) is 11.7. The Bertz CT molecular complexity index is 406. The molecule has 0 atom stereocenters. The maximum Gasteiger partial charge on any atom is 0.303 e. The van der Waals surface area contributed by atoms with Gasteiger partial charge in [-0.3, -0.25) is 4.79 Å². The quantitative estimate of drug-likeness (QED) is 0.670. The zero-order chi connectivity index (χ0) is 14.1. The van der Waals surface area contributed by atoms with Gasteiger partial charge in [0.1, 0.15) is 0 Å². The van der Waals surface area contributed by atoms with Gasteiger partial charge < -0.3 is 19.9 Å². The molecule has 0 amide bonds. The first kappa shape index (κ1) is 15.3. The molecule has 2 N–H and O–H groups in total. The lowest BCUT2D eigenvalue weighted by atomic mass is 10.2. The molecule has 0 spiro atoms. The molecule has 0 radical (unpaired) electrons. The third-order valence-electron chi connectivity index (χ3n) is 2.60. The first-order chi connectivity index (χ1) is 9.17. The molecule has 0 aliphatic rings. The van der Waals surface area contributed by atoms with Crippen LogP contribution in [0.2, 0.25) is 0 Å². The van der Waals surface area contributed by atoms with Gasteiger partial charge in [0, 0.05) is 13.0 Å². The summed E-state index contributed by atoms with van der Waals surface area (Å²) in [5.41, 5.74) is 1.08. The fourth-order valence-corrected chi connectivity index (χ4v) is 1.70. The highest BCUT2D eigenvalue weighted by atomic mass is 16.5. The number of carbonyl (C=O) groups is 1. The van der Waals surface area contributed by atoms with Crippen molar-refractivity contribution in [2.24, 2.45) is 0 Å². The van der Waals surface area contributed by atoms with E-state index in [0.29, 0.717) is 26.1 Å². The Kier molecular flexibility index (Phi) is 6.74. The average Bonchev–Trinajstić information content (AvgIpc) is 2.39. The van der Waals surface area contributed by atoms with Crippen LogP contribution < -0.4 is 14.8 Å². The van der Waals surface area contributed by atoms with E-state index in [1.165, 1.54) is 0 Å². The summed E-state index contributed by atoms with van der Waals surface area (Å²) in [4.78, 5) is 10.4. The maximum absolute atomic E-state index is 10.4. The van der Waals surface area contributed by atoms with Crippen LogP contribution in [0.25, 0.3) is 0 Å². The van der Waals surface area contributed by atoms with E-state index in [1.807, 2.05) is 25.1 Å². The number of carboxylic acids is 1. The van der Waals surface area contributed by atoms with Crippen LogP contribution in [0, 0.1) is 0 Å². The number of methoxy groups -OCH3 is 1. The molecule has 5 nitrogen and oxygen atoms in total. The van der Waals surface area contributed by atoms with Crippen LogP contribution in [0.5, 0.6) is 11.5 Å². The van der Waals surface area contributed by atoms with Crippen LogP contribution in [0.15, 0.2) is 18.2 Å². The average molecular weight is 267 g/mol. The van der Waals surface area contributed by atoms with E-state index in [9.17, 15) is 4.79 Å². The van der Waals surface area contributed by atoms with Gasteiger partial charge in [0.15, 0.2) is 11.5 Å². The number of carboxylic acid groups (broad SMARTS) is 1. The molecule has 5 heteroatoms. The predicted octanol–water partition coefficient (Wildman–Crippen LogP) is 2.05. The fourth-order valence-electron chi connectivity index (χ4n) is 1.70. The van der Waals surface area contributed by atoms with Gasteiger partial charge in [-0.25, -0.2) is 0 Å². The zero-order valence-corrected chi connectivity index (χ0v) is 11.4. The Morgan fingerprint density at radius 2 is 2.16 bits per heavy atom. The van der Waals surface area contributed by atoms with E-state index in [2.05, 4.69) is 5.32 Å². The molecule has 0 aliphatic heterocycles. The first-order valence-electron chi connectivity index (χ1n) is 6.39. The lowest BCUT2D eigenvalue weighted by Crippen LogP contribution is -2.15. The molecular formula is C14H21NO4. The van der Waals surface area contributed by atoms with Crippen LogP contribution in [0.4, 0.5) is 0 Å². The second kappa shape index (κ2) is 8.37. The van der Waals surface area contributed by atoms with Gasteiger partial charge in [0.05, 0.1) is 13.7 Å². The van der Waals surface area contributed by atoms with Crippen LogP contribution in [0.1, 0.15) is 25.3 Å². The minimum atomic E-state index is -0.759. The van der Waals surface area contributed by atoms with E-state index < -0.39 is 5.97 Å². The topological polar surface area (TPSA) is 67.8 Å². The Morgan fingerprint density at radius 1 is 1.37 bits per heavy atom. The van der Waals surface area contributed by atoms with Gasteiger partial charge in [-0.15, -0.1) is 0 Å². The van der Waals surface area contributed by atoms with E-state index in [1.54, 1.807) is 7.11 Å². The number of benzene rings is 1. The highest BCUT2D eigenvalue weighted by molar-refractivity contribution is 5.66. The molecule has 1 aromatic rings. The Balaban J connectivity index is 2.45. The molecule has 19 heavy (non-hydrogen) atoms. The molecule has 1 rings (SSSR count). The van der Waals surface area contributed by atoms with Crippen LogP contribution in [-0.2, 0) is 11.3 Å². The maximum atomic E-state index is 10.4. The molecule has 0 aromatic heterocycles. The van der Waals surface area contributed by atoms with E-state index >= 15 is 0 Å². The Hall–Kier alpha value is -1.75. The fraction of sp³-hybridized carbons (Fsp3) is 0.500. The summed E-state index contributed by atoms with van der Waals surface area (Å²) in [6.07, 6.45) is 0.823. The third-order valence-corrected chi connectivity index (χ3v) is 2.60. The second-order valence-electron chi connectivity index (χ2n) is 4.09. The smallest absolute Gasteiger partial charge is 0.303 e. The molecule has 0 fully saturated rings. The van der Waals surface area contributed by atoms with Crippen LogP contribution in [-0.4, -0.2) is 31.3 Å². The van der Waals surface area contributed by atoms with Crippen molar-refractivity contribution in [1.29, 1.82) is 0 Å². The lowest BCUT2D eigenvalue weighted by molar-refractivity contribution is -0.137. The van der Waals surface area contributed by atoms with Crippen molar-refractivity contribution in [3.63, 3.8) is 0 Å². The summed E-state index contributed by atoms with van der Waals surface area (Å²) in [7, 11) is 1.61. The third kappa shape index (κ3) is 5.61. The first-order valence-corrected chi connectivity index (χ1v) is 6.39. The van der Waals surface area contributed by atoms with Crippen molar-refractivity contribution in [1.82, 2.24) is 5.32 Å². The van der Waals surface area contributed by atoms with Crippen molar-refractivity contribution in [2.45, 2.75) is 26.3 Å². The minimum Gasteiger partial charge on any atom is -0.493 e. The Labute approximate surface area is 113 Å². The van der Waals surface area contributed by atoms with Gasteiger partial charge in [0.25, 0.3) is 0 Å². The molecule has 0 saturated carbocycles. The largest absolute Gasteiger partial charge is 0.493 e. The van der Waals surface area contributed by atoms with Crippen LogP contribution >= 0.6 is 0 Å². The highest BCUT2D eigenvalue weighted by Gasteiger charge is 2.05. The normalized spacial score (nSPS) is 10.2. The van der Waals surface area contributed by atoms with Gasteiger partial charge in [-0.05, 0) is 37.6 Å². The van der Waals surface area contributed by atoms with Gasteiger partial charge >= 0.3 is 5.97 Å². The van der Waals surface area contributed by atoms with Gasteiger partial charge in [0.2, 0.25) is 0 Å². The number of hydrogen-bond donors (Lipinski definition) is 2. The molecular weight excluding hydrogens is 246 g/mol. The number of hydrogen-bond acceptors (Lipinski definition) is 4. The Morgan fingerprint density at radius 3 is 2.79 bits per heavy atom. The summed E-state index contributed by atoms with van der Waals surface area (Å²) >= 11 is 0. The summed E-state index contributed by atoms with van der Waals surface area (Å²) in [5.74, 6) is 0.691. The molecule has 1 aromatic carbocycles. The summed E-state index contributed by atoms with van der Waals surface area (Å²) < 4.78 is 10.7. The SMILES string of the molecule is CCOc1cc(CNCCCC(=O)O)ccc1OC. The molecule has 106 valence electrons. The molecule has 0 heterocycles. The summed E-state index contributed by atoms with van der Waals surface area (Å²) in [6.45, 7) is 3.88. The monoisotopic (exact) mass is 267 g/mol. The number of aliphatic carboxylic acids is 1. The lowest BCUT2D eigenvalue weighted by Gasteiger charge is -2.11. The second-order valence-corrected chi connectivity index (χ2v) is 4.09. The highest BCUT2D eigenvalue weighted by Crippen LogP contribution is 2.27. The van der Waals surface area contributed by atoms with Gasteiger partial charge in [-0.2, -0.15) is 0 Å². The molecule has 0 bridgehead atoms. The van der Waals surface area contributed by atoms with E-state index in [-0.39, 0.29) is 6.42 Å². The van der Waals surface area contributed by atoms with E-state index in [4.69, 9.17) is 14.6 Å². The standard InChI is InChI=1S/C14H21NO4/c1-3-19-13-9-11(6-7-12(13)18-2)10-15-8-4-5-14(16)17/h6-7,9,15H,3-5,8,10H2,1-2H3,(H,16,17). The van der Waals surface area contributed by atoms with Crippen molar-refractivity contribution in [2.75, 3.05) is 20.3 Å². The van der Waals surface area contributed by atoms with Crippen LogP contribution in [0.3, 0.4) is 0 Å². The molecule has 0 saturated heterocycles. The summed E-state index contributed by atoms with van der Waals surface area (Å²) in [6, 6.07) is 5.78. The number of nitrogens with one attached hydrogen (secondary N) is 1.